The van der Waals surface area contributed by atoms with E-state index in [1.165, 1.54) is 0 Å². The van der Waals surface area contributed by atoms with Gasteiger partial charge in [0.15, 0.2) is 0 Å². The molecular weight excluding hydrogens is 324 g/mol. The maximum atomic E-state index is 12.2. The summed E-state index contributed by atoms with van der Waals surface area (Å²) in [4.78, 5) is 12.2. The number of halogens is 1. The Morgan fingerprint density at radius 1 is 1.26 bits per heavy atom. The van der Waals surface area contributed by atoms with Crippen molar-refractivity contribution in [2.24, 2.45) is 7.05 Å². The molecule has 0 bridgehead atoms. The Kier molecular flexibility index (Phi) is 3.16. The fourth-order valence-corrected chi connectivity index (χ4v) is 3.11. The van der Waals surface area contributed by atoms with Crippen LogP contribution in [0.5, 0.6) is 0 Å². The number of benzene rings is 1. The second kappa shape index (κ2) is 4.83. The van der Waals surface area contributed by atoms with E-state index >= 15 is 0 Å². The van der Waals surface area contributed by atoms with Crippen molar-refractivity contribution in [1.82, 2.24) is 4.57 Å². The molecule has 3 nitrogen and oxygen atoms in total. The lowest BCUT2D eigenvalue weighted by Crippen LogP contribution is -2.15. The van der Waals surface area contributed by atoms with Gasteiger partial charge in [0.2, 0.25) is 0 Å². The van der Waals surface area contributed by atoms with Crippen LogP contribution in [0.25, 0.3) is 10.2 Å². The van der Waals surface area contributed by atoms with Gasteiger partial charge in [-0.25, -0.2) is 0 Å². The second-order valence-corrected chi connectivity index (χ2v) is 6.08. The van der Waals surface area contributed by atoms with Crippen molar-refractivity contribution in [2.45, 2.75) is 0 Å². The number of hydrogen-bond donors (Lipinski definition) is 1. The molecule has 2 heterocycles. The van der Waals surface area contributed by atoms with E-state index in [2.05, 4.69) is 21.2 Å². The molecule has 0 spiro atoms. The van der Waals surface area contributed by atoms with Crippen LogP contribution in [0.1, 0.15) is 10.5 Å². The molecule has 1 aromatic carbocycles. The van der Waals surface area contributed by atoms with Crippen molar-refractivity contribution in [1.29, 1.82) is 0 Å². The van der Waals surface area contributed by atoms with Gasteiger partial charge in [-0.2, -0.15) is 0 Å². The van der Waals surface area contributed by atoms with Crippen LogP contribution in [-0.4, -0.2) is 10.5 Å². The first-order valence-corrected chi connectivity index (χ1v) is 7.42. The highest BCUT2D eigenvalue weighted by molar-refractivity contribution is 9.10. The van der Waals surface area contributed by atoms with Crippen LogP contribution in [0.15, 0.2) is 46.3 Å². The quantitative estimate of drug-likeness (QED) is 0.746. The summed E-state index contributed by atoms with van der Waals surface area (Å²) in [5.74, 6) is -0.0896. The van der Waals surface area contributed by atoms with Crippen molar-refractivity contribution in [3.05, 3.63) is 51.9 Å². The van der Waals surface area contributed by atoms with Crippen molar-refractivity contribution < 1.29 is 4.79 Å². The zero-order valence-electron chi connectivity index (χ0n) is 10.2. The third-order valence-electron chi connectivity index (χ3n) is 3.00. The van der Waals surface area contributed by atoms with Crippen LogP contribution < -0.4 is 5.32 Å². The first kappa shape index (κ1) is 12.4. The Labute approximate surface area is 123 Å². The number of hydrogen-bond acceptors (Lipinski definition) is 2. The zero-order chi connectivity index (χ0) is 13.4. The Bertz CT molecular complexity index is 742. The van der Waals surface area contributed by atoms with E-state index in [1.807, 2.05) is 53.4 Å². The third-order valence-corrected chi connectivity index (χ3v) is 4.38. The van der Waals surface area contributed by atoms with Gasteiger partial charge in [-0.3, -0.25) is 4.79 Å². The van der Waals surface area contributed by atoms with Gasteiger partial charge in [0.1, 0.15) is 5.69 Å². The molecule has 1 N–H and O–H groups in total. The molecule has 0 fully saturated rings. The minimum Gasteiger partial charge on any atom is -0.339 e. The van der Waals surface area contributed by atoms with Crippen LogP contribution in [-0.2, 0) is 7.05 Å². The molecular formula is C14H11BrN2OS. The molecule has 2 aromatic heterocycles. The molecule has 0 aliphatic rings. The van der Waals surface area contributed by atoms with Crippen molar-refractivity contribution in [3.8, 4) is 0 Å². The predicted octanol–water partition coefficient (Wildman–Crippen LogP) is 4.25. The molecule has 0 radical (unpaired) electrons. The molecule has 0 saturated heterocycles. The third kappa shape index (κ3) is 2.31. The Hall–Kier alpha value is -1.59. The topological polar surface area (TPSA) is 34.0 Å². The molecule has 0 aliphatic carbocycles. The largest absolute Gasteiger partial charge is 0.339 e. The minimum absolute atomic E-state index is 0.0896. The number of fused-ring (bicyclic) bond motifs is 1. The summed E-state index contributed by atoms with van der Waals surface area (Å²) in [5, 5.41) is 4.93. The first-order valence-electron chi connectivity index (χ1n) is 5.75. The maximum Gasteiger partial charge on any atom is 0.272 e. The molecule has 0 unspecified atom stereocenters. The Morgan fingerprint density at radius 3 is 2.68 bits per heavy atom. The summed E-state index contributed by atoms with van der Waals surface area (Å²) >= 11 is 5.01. The number of anilines is 1. The lowest BCUT2D eigenvalue weighted by molar-refractivity contribution is 0.102. The average Bonchev–Trinajstić information content (AvgIpc) is 2.96. The number of thiophene rings is 1. The smallest absolute Gasteiger partial charge is 0.272 e. The highest BCUT2D eigenvalue weighted by Crippen LogP contribution is 2.24. The van der Waals surface area contributed by atoms with E-state index in [0.717, 1.165) is 20.4 Å². The number of carbonyl (C=O) groups is 1. The number of nitrogens with zero attached hydrogens (tertiary/aromatic N) is 1. The van der Waals surface area contributed by atoms with E-state index in [0.29, 0.717) is 5.69 Å². The van der Waals surface area contributed by atoms with Gasteiger partial charge >= 0.3 is 0 Å². The van der Waals surface area contributed by atoms with E-state index in [4.69, 9.17) is 0 Å². The first-order chi connectivity index (χ1) is 9.15. The van der Waals surface area contributed by atoms with Gasteiger partial charge in [-0.1, -0.05) is 15.9 Å². The molecule has 0 aliphatic heterocycles. The molecule has 1 amide bonds. The van der Waals surface area contributed by atoms with Gasteiger partial charge in [0, 0.05) is 17.2 Å². The molecule has 5 heteroatoms. The molecule has 96 valence electrons. The van der Waals surface area contributed by atoms with Gasteiger partial charge < -0.3 is 9.88 Å². The average molecular weight is 335 g/mol. The van der Waals surface area contributed by atoms with Crippen LogP contribution in [0.2, 0.25) is 0 Å². The van der Waals surface area contributed by atoms with Crippen molar-refractivity contribution in [3.63, 3.8) is 0 Å². The summed E-state index contributed by atoms with van der Waals surface area (Å²) in [5.41, 5.74) is 2.55. The van der Waals surface area contributed by atoms with E-state index in [1.54, 1.807) is 11.3 Å². The SMILES string of the molecule is Cn1c(C(=O)Nc2ccc(Br)cc2)cc2sccc21. The lowest BCUT2D eigenvalue weighted by Gasteiger charge is -2.06. The van der Waals surface area contributed by atoms with Gasteiger partial charge in [0.05, 0.1) is 10.2 Å². The van der Waals surface area contributed by atoms with Crippen LogP contribution in [0.3, 0.4) is 0 Å². The summed E-state index contributed by atoms with van der Waals surface area (Å²) in [6.45, 7) is 0. The van der Waals surface area contributed by atoms with Crippen molar-refractivity contribution >= 4 is 49.1 Å². The number of aryl methyl sites for hydroxylation is 1. The summed E-state index contributed by atoms with van der Waals surface area (Å²) < 4.78 is 4.04. The number of nitrogens with one attached hydrogen (secondary N) is 1. The number of rotatable bonds is 2. The number of carbonyl (C=O) groups excluding carboxylic acids is 1. The summed E-state index contributed by atoms with van der Waals surface area (Å²) in [6.07, 6.45) is 0. The Balaban J connectivity index is 1.89. The van der Waals surface area contributed by atoms with Crippen LogP contribution >= 0.6 is 27.3 Å². The maximum absolute atomic E-state index is 12.2. The molecule has 3 aromatic rings. The fourth-order valence-electron chi connectivity index (χ4n) is 2.00. The highest BCUT2D eigenvalue weighted by Gasteiger charge is 2.14. The number of amides is 1. The molecule has 0 atom stereocenters. The lowest BCUT2D eigenvalue weighted by atomic mass is 10.3. The van der Waals surface area contributed by atoms with E-state index in [-0.39, 0.29) is 5.91 Å². The summed E-state index contributed by atoms with van der Waals surface area (Å²) in [7, 11) is 1.91. The summed E-state index contributed by atoms with van der Waals surface area (Å²) in [6, 6.07) is 11.5. The van der Waals surface area contributed by atoms with E-state index in [9.17, 15) is 4.79 Å². The van der Waals surface area contributed by atoms with Gasteiger partial charge in [0.25, 0.3) is 5.91 Å². The van der Waals surface area contributed by atoms with Gasteiger partial charge in [-0.05, 0) is 41.8 Å². The molecule has 19 heavy (non-hydrogen) atoms. The monoisotopic (exact) mass is 334 g/mol. The van der Waals surface area contributed by atoms with Crippen LogP contribution in [0, 0.1) is 0 Å². The van der Waals surface area contributed by atoms with Crippen LogP contribution in [0.4, 0.5) is 5.69 Å². The Morgan fingerprint density at radius 2 is 2.00 bits per heavy atom. The minimum atomic E-state index is -0.0896. The van der Waals surface area contributed by atoms with Gasteiger partial charge in [-0.15, -0.1) is 11.3 Å². The zero-order valence-corrected chi connectivity index (χ0v) is 12.6. The fraction of sp³-hybridized carbons (Fsp3) is 0.0714. The molecule has 3 rings (SSSR count). The standard InChI is InChI=1S/C14H11BrN2OS/c1-17-11-6-7-19-13(11)8-12(17)14(18)16-10-4-2-9(15)3-5-10/h2-8H,1H3,(H,16,18). The normalized spacial score (nSPS) is 10.8. The van der Waals surface area contributed by atoms with E-state index < -0.39 is 0 Å². The molecule has 0 saturated carbocycles. The highest BCUT2D eigenvalue weighted by atomic mass is 79.9. The van der Waals surface area contributed by atoms with Crippen molar-refractivity contribution in [2.75, 3.05) is 5.32 Å². The second-order valence-electron chi connectivity index (χ2n) is 4.22. The predicted molar refractivity (Wildman–Crippen MR) is 82.9 cm³/mol. The number of aromatic nitrogens is 1.